The van der Waals surface area contributed by atoms with Crippen molar-refractivity contribution in [2.24, 2.45) is 0 Å². The van der Waals surface area contributed by atoms with Crippen LogP contribution in [0.3, 0.4) is 0 Å². The Balaban J connectivity index is 1.34. The van der Waals surface area contributed by atoms with E-state index in [-0.39, 0.29) is 54.0 Å². The SMILES string of the molecule is CC(=O)OCC1=C(C(=O)O)N2C(=O)[C@@H](NC(=O)CCCC(C(=O)O)N3C(=O)c4ccccc4C3=O)[C@H]2SC1. The first-order chi connectivity index (χ1) is 18.0. The highest BCUT2D eigenvalue weighted by Crippen LogP contribution is 2.40. The first kappa shape index (κ1) is 26.9. The smallest absolute Gasteiger partial charge is 0.352 e. The fraction of sp³-hybridized carbons (Fsp3) is 0.375. The molecule has 0 spiro atoms. The molecule has 4 amide bonds. The number of imide groups is 1. The molecule has 1 aromatic rings. The van der Waals surface area contributed by atoms with Crippen LogP contribution in [0.2, 0.25) is 0 Å². The lowest BCUT2D eigenvalue weighted by molar-refractivity contribution is -0.151. The summed E-state index contributed by atoms with van der Waals surface area (Å²) in [6.45, 7) is 0.911. The van der Waals surface area contributed by atoms with Crippen molar-refractivity contribution in [2.45, 2.75) is 43.6 Å². The number of hydrogen-bond donors (Lipinski definition) is 3. The highest BCUT2D eigenvalue weighted by atomic mass is 32.2. The Bertz CT molecular complexity index is 1260. The number of esters is 1. The summed E-state index contributed by atoms with van der Waals surface area (Å²) in [7, 11) is 0. The number of carbonyl (C=O) groups is 7. The van der Waals surface area contributed by atoms with Gasteiger partial charge in [-0.05, 0) is 25.0 Å². The lowest BCUT2D eigenvalue weighted by Crippen LogP contribution is -2.70. The Kier molecular flexibility index (Phi) is 7.53. The molecule has 14 heteroatoms. The van der Waals surface area contributed by atoms with Gasteiger partial charge >= 0.3 is 17.9 Å². The zero-order valence-corrected chi connectivity index (χ0v) is 20.9. The van der Waals surface area contributed by atoms with E-state index in [9.17, 15) is 43.8 Å². The first-order valence-corrected chi connectivity index (χ1v) is 12.6. The Morgan fingerprint density at radius 1 is 1.11 bits per heavy atom. The molecular formula is C24H23N3O10S. The van der Waals surface area contributed by atoms with E-state index in [0.717, 1.165) is 4.90 Å². The minimum Gasteiger partial charge on any atom is -0.480 e. The maximum Gasteiger partial charge on any atom is 0.352 e. The van der Waals surface area contributed by atoms with Gasteiger partial charge < -0.3 is 20.3 Å². The molecule has 3 N–H and O–H groups in total. The molecule has 0 bridgehead atoms. The van der Waals surface area contributed by atoms with E-state index in [1.165, 1.54) is 30.8 Å². The lowest BCUT2D eigenvalue weighted by Gasteiger charge is -2.49. The van der Waals surface area contributed by atoms with Crippen molar-refractivity contribution in [1.82, 2.24) is 15.1 Å². The maximum absolute atomic E-state index is 12.7. The van der Waals surface area contributed by atoms with Gasteiger partial charge in [0, 0.05) is 24.7 Å². The van der Waals surface area contributed by atoms with Gasteiger partial charge in [-0.2, -0.15) is 0 Å². The van der Waals surface area contributed by atoms with E-state index >= 15 is 0 Å². The predicted octanol–water partition coefficient (Wildman–Crippen LogP) is 0.208. The zero-order valence-electron chi connectivity index (χ0n) is 20.0. The van der Waals surface area contributed by atoms with Gasteiger partial charge in [-0.25, -0.2) is 9.59 Å². The first-order valence-electron chi connectivity index (χ1n) is 11.5. The van der Waals surface area contributed by atoms with Crippen molar-refractivity contribution in [1.29, 1.82) is 0 Å². The standard InChI is InChI=1S/C24H23N3O10S/c1-11(28)37-9-12-10-38-22-17(21(32)27(22)18(12)24(35)36)25-16(29)8-4-7-15(23(33)34)26-19(30)13-5-2-3-6-14(13)20(26)31/h2-3,5-6,15,17,22H,4,7-10H2,1H3,(H,25,29)(H,33,34)(H,35,36)/t15?,17-,22-/m1/s1. The summed E-state index contributed by atoms with van der Waals surface area (Å²) >= 11 is 1.21. The monoisotopic (exact) mass is 545 g/mol. The summed E-state index contributed by atoms with van der Waals surface area (Å²) in [6, 6.07) is 3.56. The quantitative estimate of drug-likeness (QED) is 0.207. The van der Waals surface area contributed by atoms with E-state index in [4.69, 9.17) is 4.74 Å². The van der Waals surface area contributed by atoms with Gasteiger partial charge in [0.1, 0.15) is 29.8 Å². The topological polar surface area (TPSA) is 188 Å². The molecule has 4 rings (SSSR count). The van der Waals surface area contributed by atoms with E-state index in [2.05, 4.69) is 5.32 Å². The van der Waals surface area contributed by atoms with Crippen LogP contribution >= 0.6 is 11.8 Å². The molecule has 0 aromatic heterocycles. The van der Waals surface area contributed by atoms with Crippen molar-refractivity contribution in [2.75, 3.05) is 12.4 Å². The van der Waals surface area contributed by atoms with Gasteiger partial charge in [-0.15, -0.1) is 11.8 Å². The molecule has 0 saturated carbocycles. The molecule has 0 aliphatic carbocycles. The molecule has 0 radical (unpaired) electrons. The molecule has 200 valence electrons. The van der Waals surface area contributed by atoms with Crippen LogP contribution in [0, 0.1) is 0 Å². The minimum atomic E-state index is -1.47. The number of carboxylic acid groups (broad SMARTS) is 2. The van der Waals surface area contributed by atoms with Crippen molar-refractivity contribution >= 4 is 53.3 Å². The number of rotatable bonds is 10. The number of thioether (sulfide) groups is 1. The number of hydrogen-bond acceptors (Lipinski definition) is 9. The van der Waals surface area contributed by atoms with Gasteiger partial charge in [0.2, 0.25) is 5.91 Å². The van der Waals surface area contributed by atoms with Crippen molar-refractivity contribution in [3.63, 3.8) is 0 Å². The Morgan fingerprint density at radius 2 is 1.74 bits per heavy atom. The van der Waals surface area contributed by atoms with E-state index in [1.54, 1.807) is 12.1 Å². The fourth-order valence-electron chi connectivity index (χ4n) is 4.54. The number of benzene rings is 1. The van der Waals surface area contributed by atoms with Gasteiger partial charge in [0.25, 0.3) is 17.7 Å². The van der Waals surface area contributed by atoms with Crippen LogP contribution < -0.4 is 5.32 Å². The Hall–Kier alpha value is -4.20. The molecule has 1 saturated heterocycles. The molecule has 3 heterocycles. The normalized spacial score (nSPS) is 20.9. The molecule has 1 aromatic carbocycles. The average molecular weight is 546 g/mol. The van der Waals surface area contributed by atoms with Gasteiger partial charge in [0.05, 0.1) is 11.1 Å². The van der Waals surface area contributed by atoms with Crippen molar-refractivity contribution < 1.29 is 48.5 Å². The fourth-order valence-corrected chi connectivity index (χ4v) is 5.87. The molecule has 3 atom stereocenters. The molecular weight excluding hydrogens is 522 g/mol. The average Bonchev–Trinajstić information content (AvgIpc) is 3.12. The minimum absolute atomic E-state index is 0.00541. The molecule has 38 heavy (non-hydrogen) atoms. The number of amides is 4. The number of β-lactam (4-membered cyclic amide) rings is 1. The van der Waals surface area contributed by atoms with Gasteiger partial charge in [0.15, 0.2) is 0 Å². The number of carboxylic acids is 2. The largest absolute Gasteiger partial charge is 0.480 e. The van der Waals surface area contributed by atoms with Crippen LogP contribution in [0.5, 0.6) is 0 Å². The zero-order chi connectivity index (χ0) is 27.7. The molecule has 1 unspecified atom stereocenters. The second-order valence-corrected chi connectivity index (χ2v) is 9.87. The molecule has 1 fully saturated rings. The number of nitrogens with zero attached hydrogens (tertiary/aromatic N) is 2. The summed E-state index contributed by atoms with van der Waals surface area (Å²) in [4.78, 5) is 86.9. The molecule has 3 aliphatic rings. The summed E-state index contributed by atoms with van der Waals surface area (Å²) in [5.74, 6) is -5.80. The van der Waals surface area contributed by atoms with Crippen molar-refractivity contribution in [3.8, 4) is 0 Å². The van der Waals surface area contributed by atoms with Crippen LogP contribution in [-0.2, 0) is 28.7 Å². The molecule has 3 aliphatic heterocycles. The van der Waals surface area contributed by atoms with Crippen molar-refractivity contribution in [3.05, 3.63) is 46.7 Å². The maximum atomic E-state index is 12.7. The predicted molar refractivity (Wildman–Crippen MR) is 129 cm³/mol. The van der Waals surface area contributed by atoms with Crippen LogP contribution in [0.15, 0.2) is 35.5 Å². The Labute approximate surface area is 219 Å². The van der Waals surface area contributed by atoms with Crippen LogP contribution in [-0.4, -0.2) is 91.4 Å². The second-order valence-electron chi connectivity index (χ2n) is 8.76. The van der Waals surface area contributed by atoms with E-state index < -0.39 is 59.0 Å². The Morgan fingerprint density at radius 3 is 2.29 bits per heavy atom. The second kappa shape index (κ2) is 10.7. The van der Waals surface area contributed by atoms with Gasteiger partial charge in [-0.3, -0.25) is 33.8 Å². The third-order valence-corrected chi connectivity index (χ3v) is 7.66. The number of aliphatic carboxylic acids is 2. The third kappa shape index (κ3) is 4.86. The highest BCUT2D eigenvalue weighted by molar-refractivity contribution is 8.00. The van der Waals surface area contributed by atoms with Crippen LogP contribution in [0.1, 0.15) is 46.9 Å². The lowest BCUT2D eigenvalue weighted by atomic mass is 10.0. The number of nitrogens with one attached hydrogen (secondary N) is 1. The van der Waals surface area contributed by atoms with Crippen LogP contribution in [0.25, 0.3) is 0 Å². The van der Waals surface area contributed by atoms with Gasteiger partial charge in [-0.1, -0.05) is 12.1 Å². The number of ether oxygens (including phenoxy) is 1. The highest BCUT2D eigenvalue weighted by Gasteiger charge is 2.54. The molecule has 13 nitrogen and oxygen atoms in total. The summed E-state index contributed by atoms with van der Waals surface area (Å²) in [5.41, 5.74) is 0.214. The number of fused-ring (bicyclic) bond motifs is 2. The summed E-state index contributed by atoms with van der Waals surface area (Å²) in [5, 5.41) is 21.1. The third-order valence-electron chi connectivity index (χ3n) is 6.32. The summed E-state index contributed by atoms with van der Waals surface area (Å²) in [6.07, 6.45) is -0.360. The number of carbonyl (C=O) groups excluding carboxylic acids is 5. The van der Waals surface area contributed by atoms with Crippen LogP contribution in [0.4, 0.5) is 0 Å². The van der Waals surface area contributed by atoms with E-state index in [0.29, 0.717) is 4.90 Å². The van der Waals surface area contributed by atoms with E-state index in [1.807, 2.05) is 0 Å². The summed E-state index contributed by atoms with van der Waals surface area (Å²) < 4.78 is 4.88.